The zero-order valence-electron chi connectivity index (χ0n) is 19.5. The van der Waals surface area contributed by atoms with Crippen LogP contribution in [0.1, 0.15) is 26.7 Å². The fourth-order valence-corrected chi connectivity index (χ4v) is 4.20. The maximum absolute atomic E-state index is 13.2. The number of ether oxygens (including phenoxy) is 1. The predicted octanol–water partition coefficient (Wildman–Crippen LogP) is 1.87. The van der Waals surface area contributed by atoms with Gasteiger partial charge >= 0.3 is 5.69 Å². The van der Waals surface area contributed by atoms with Crippen LogP contribution in [-0.4, -0.2) is 44.4 Å². The average molecular weight is 453 g/mol. The lowest BCUT2D eigenvalue weighted by atomic mass is 10.1. The summed E-state index contributed by atoms with van der Waals surface area (Å²) in [5, 5.41) is 0. The monoisotopic (exact) mass is 452 g/mol. The van der Waals surface area contributed by atoms with Crippen molar-refractivity contribution in [3.63, 3.8) is 0 Å². The largest absolute Gasteiger partial charge is 0.492 e. The van der Waals surface area contributed by atoms with Gasteiger partial charge in [-0.05, 0) is 38.8 Å². The maximum Gasteiger partial charge on any atom is 0.332 e. The molecule has 2 N–H and O–H groups in total. The van der Waals surface area contributed by atoms with Crippen molar-refractivity contribution < 1.29 is 4.74 Å². The van der Waals surface area contributed by atoms with E-state index in [4.69, 9.17) is 15.5 Å². The number of anilines is 1. The van der Waals surface area contributed by atoms with Crippen molar-refractivity contribution in [2.24, 2.45) is 12.8 Å². The van der Waals surface area contributed by atoms with Gasteiger partial charge in [-0.25, -0.2) is 4.79 Å². The Hall–Kier alpha value is -3.33. The molecule has 1 aromatic carbocycles. The zero-order valence-corrected chi connectivity index (χ0v) is 19.5. The number of benzene rings is 1. The lowest BCUT2D eigenvalue weighted by molar-refractivity contribution is 0.296. The summed E-state index contributed by atoms with van der Waals surface area (Å²) < 4.78 is 10.4. The number of imidazole rings is 1. The van der Waals surface area contributed by atoms with Gasteiger partial charge in [0.1, 0.15) is 12.4 Å². The van der Waals surface area contributed by atoms with Gasteiger partial charge in [-0.15, -0.1) is 0 Å². The molecule has 4 rings (SSSR count). The Kier molecular flexibility index (Phi) is 6.69. The zero-order chi connectivity index (χ0) is 23.5. The third-order valence-electron chi connectivity index (χ3n) is 5.96. The Morgan fingerprint density at radius 1 is 1.21 bits per heavy atom. The number of para-hydroxylation sites is 1. The first-order chi connectivity index (χ1) is 15.9. The van der Waals surface area contributed by atoms with Crippen molar-refractivity contribution in [3.05, 3.63) is 62.8 Å². The summed E-state index contributed by atoms with van der Waals surface area (Å²) in [6, 6.07) is 9.50. The van der Waals surface area contributed by atoms with Crippen LogP contribution in [0.25, 0.3) is 11.2 Å². The molecule has 2 aromatic heterocycles. The summed E-state index contributed by atoms with van der Waals surface area (Å²) in [5.74, 6) is 1.40. The lowest BCUT2D eigenvalue weighted by Crippen LogP contribution is -2.44. The van der Waals surface area contributed by atoms with Crippen molar-refractivity contribution in [2.45, 2.75) is 45.8 Å². The number of fused-ring (bicyclic) bond motifs is 1. The maximum atomic E-state index is 13.2. The van der Waals surface area contributed by atoms with Crippen LogP contribution in [0.5, 0.6) is 5.75 Å². The number of hydrogen-bond donors (Lipinski definition) is 1. The van der Waals surface area contributed by atoms with Crippen molar-refractivity contribution in [1.82, 2.24) is 18.7 Å². The molecule has 1 saturated heterocycles. The molecule has 9 nitrogen and oxygen atoms in total. The highest BCUT2D eigenvalue weighted by Crippen LogP contribution is 2.23. The summed E-state index contributed by atoms with van der Waals surface area (Å²) in [7, 11) is 1.51. The van der Waals surface area contributed by atoms with Gasteiger partial charge in [0.15, 0.2) is 11.2 Å². The third kappa shape index (κ3) is 4.73. The first-order valence-electron chi connectivity index (χ1n) is 11.4. The van der Waals surface area contributed by atoms with Crippen LogP contribution >= 0.6 is 0 Å². The Bertz CT molecular complexity index is 1270. The van der Waals surface area contributed by atoms with Crippen molar-refractivity contribution in [1.29, 1.82) is 0 Å². The standard InChI is InChI=1S/C24H32N6O3/c1-17(2)11-13-29-20-21(26-23(29)28-12-7-8-18(25)16-28)30(24(32)27(3)22(20)31)14-15-33-19-9-5-4-6-10-19/h4-6,9-11,18H,7-8,12-16,25H2,1-3H3. The third-order valence-corrected chi connectivity index (χ3v) is 5.96. The van der Waals surface area contributed by atoms with E-state index in [1.165, 1.54) is 11.6 Å². The first-order valence-corrected chi connectivity index (χ1v) is 11.4. The second-order valence-corrected chi connectivity index (χ2v) is 8.78. The van der Waals surface area contributed by atoms with E-state index >= 15 is 0 Å². The molecular formula is C24H32N6O3. The molecule has 0 bridgehead atoms. The lowest BCUT2D eigenvalue weighted by Gasteiger charge is -2.31. The molecule has 0 spiro atoms. The summed E-state index contributed by atoms with van der Waals surface area (Å²) in [6.07, 6.45) is 3.98. The number of nitrogens with zero attached hydrogens (tertiary/aromatic N) is 5. The quantitative estimate of drug-likeness (QED) is 0.550. The van der Waals surface area contributed by atoms with Gasteiger partial charge in [0.25, 0.3) is 5.56 Å². The van der Waals surface area contributed by atoms with E-state index in [1.54, 1.807) is 0 Å². The van der Waals surface area contributed by atoms with E-state index in [-0.39, 0.29) is 24.8 Å². The van der Waals surface area contributed by atoms with Crippen LogP contribution in [-0.2, 0) is 20.1 Å². The van der Waals surface area contributed by atoms with E-state index in [0.717, 1.165) is 35.3 Å². The molecule has 1 aliphatic rings. The van der Waals surface area contributed by atoms with Crippen LogP contribution in [0, 0.1) is 0 Å². The topological polar surface area (TPSA) is 100 Å². The van der Waals surface area contributed by atoms with Gasteiger partial charge in [-0.3, -0.25) is 13.9 Å². The van der Waals surface area contributed by atoms with Crippen molar-refractivity contribution in [3.8, 4) is 5.75 Å². The molecule has 0 radical (unpaired) electrons. The molecular weight excluding hydrogens is 420 g/mol. The highest BCUT2D eigenvalue weighted by Gasteiger charge is 2.26. The molecule has 0 saturated carbocycles. The van der Waals surface area contributed by atoms with Crippen LogP contribution in [0.2, 0.25) is 0 Å². The van der Waals surface area contributed by atoms with Crippen LogP contribution in [0.15, 0.2) is 51.6 Å². The number of aromatic nitrogens is 4. The minimum Gasteiger partial charge on any atom is -0.492 e. The number of nitrogens with two attached hydrogens (primary N) is 1. The molecule has 1 aliphatic heterocycles. The molecule has 1 unspecified atom stereocenters. The van der Waals surface area contributed by atoms with Crippen molar-refractivity contribution >= 4 is 17.1 Å². The highest BCUT2D eigenvalue weighted by molar-refractivity contribution is 5.75. The molecule has 0 aliphatic carbocycles. The number of piperidine rings is 1. The molecule has 176 valence electrons. The van der Waals surface area contributed by atoms with E-state index in [0.29, 0.717) is 30.2 Å². The normalized spacial score (nSPS) is 16.2. The predicted molar refractivity (Wildman–Crippen MR) is 130 cm³/mol. The summed E-state index contributed by atoms with van der Waals surface area (Å²) in [5.41, 5.74) is 7.42. The summed E-state index contributed by atoms with van der Waals surface area (Å²) in [6.45, 7) is 6.56. The Labute approximate surface area is 192 Å². The second kappa shape index (κ2) is 9.66. The second-order valence-electron chi connectivity index (χ2n) is 8.78. The number of allylic oxidation sites excluding steroid dienone is 2. The Balaban J connectivity index is 1.80. The highest BCUT2D eigenvalue weighted by atomic mass is 16.5. The minimum atomic E-state index is -0.405. The number of hydrogen-bond acceptors (Lipinski definition) is 6. The SMILES string of the molecule is CC(C)=CCn1c(N2CCCC(N)C2)nc2c1c(=O)n(C)c(=O)n2CCOc1ccccc1. The van der Waals surface area contributed by atoms with E-state index in [1.807, 2.05) is 48.7 Å². The molecule has 33 heavy (non-hydrogen) atoms. The van der Waals surface area contributed by atoms with Gasteiger partial charge in [-0.1, -0.05) is 29.8 Å². The van der Waals surface area contributed by atoms with Crippen molar-refractivity contribution in [2.75, 3.05) is 24.6 Å². The molecule has 1 atom stereocenters. The van der Waals surface area contributed by atoms with Crippen LogP contribution in [0.4, 0.5) is 5.95 Å². The van der Waals surface area contributed by atoms with Gasteiger partial charge < -0.3 is 19.9 Å². The molecule has 9 heteroatoms. The van der Waals surface area contributed by atoms with E-state index in [9.17, 15) is 9.59 Å². The molecule has 3 aromatic rings. The molecule has 3 heterocycles. The minimum absolute atomic E-state index is 0.0553. The van der Waals surface area contributed by atoms with Crippen LogP contribution in [0.3, 0.4) is 0 Å². The fourth-order valence-electron chi connectivity index (χ4n) is 4.20. The summed E-state index contributed by atoms with van der Waals surface area (Å²) >= 11 is 0. The number of rotatable bonds is 7. The van der Waals surface area contributed by atoms with E-state index in [2.05, 4.69) is 11.0 Å². The van der Waals surface area contributed by atoms with E-state index < -0.39 is 5.69 Å². The van der Waals surface area contributed by atoms with Gasteiger partial charge in [0.05, 0.1) is 6.54 Å². The van der Waals surface area contributed by atoms with Gasteiger partial charge in [-0.2, -0.15) is 4.98 Å². The fraction of sp³-hybridized carbons (Fsp3) is 0.458. The summed E-state index contributed by atoms with van der Waals surface area (Å²) in [4.78, 5) is 33.2. The average Bonchev–Trinajstić information content (AvgIpc) is 3.18. The first kappa shape index (κ1) is 22.8. The van der Waals surface area contributed by atoms with Gasteiger partial charge in [0.2, 0.25) is 5.95 Å². The Morgan fingerprint density at radius 2 is 1.97 bits per heavy atom. The molecule has 0 amide bonds. The smallest absolute Gasteiger partial charge is 0.332 e. The molecule has 1 fully saturated rings. The van der Waals surface area contributed by atoms with Gasteiger partial charge in [0, 0.05) is 32.7 Å². The van der Waals surface area contributed by atoms with Crippen LogP contribution < -0.4 is 26.6 Å². The Morgan fingerprint density at radius 3 is 2.67 bits per heavy atom.